The van der Waals surface area contributed by atoms with Crippen molar-refractivity contribution in [2.45, 2.75) is 44.7 Å². The van der Waals surface area contributed by atoms with Gasteiger partial charge in [-0.15, -0.1) is 0 Å². The van der Waals surface area contributed by atoms with E-state index >= 15 is 0 Å². The molecule has 0 aromatic heterocycles. The van der Waals surface area contributed by atoms with Gasteiger partial charge in [-0.1, -0.05) is 31.1 Å². The maximum Gasteiger partial charge on any atom is 0.240 e. The number of nitrogens with zero attached hydrogens (tertiary/aromatic N) is 3. The lowest BCUT2D eigenvalue weighted by atomic mass is 10.1. The van der Waals surface area contributed by atoms with Crippen molar-refractivity contribution in [1.82, 2.24) is 4.72 Å². The third-order valence-corrected chi connectivity index (χ3v) is 4.69. The predicted octanol–water partition coefficient (Wildman–Crippen LogP) is 3.23. The van der Waals surface area contributed by atoms with E-state index in [4.69, 9.17) is 10.3 Å². The topological polar surface area (TPSA) is 104 Å². The SMILES string of the molecule is CCOC[C@H](CC(C)C)NS(=O)(=O)c1ccc(CN=[N+]=[N-])cc1. The van der Waals surface area contributed by atoms with Gasteiger partial charge in [-0.2, -0.15) is 0 Å². The molecule has 0 saturated carbocycles. The summed E-state index contributed by atoms with van der Waals surface area (Å²) in [6.07, 6.45) is 0.703. The molecule has 0 amide bonds. The Balaban J connectivity index is 2.84. The highest BCUT2D eigenvalue weighted by Crippen LogP contribution is 2.14. The smallest absolute Gasteiger partial charge is 0.240 e. The molecule has 0 aliphatic carbocycles. The number of hydrogen-bond donors (Lipinski definition) is 1. The molecule has 0 aliphatic heterocycles. The minimum absolute atomic E-state index is 0.187. The molecule has 0 radical (unpaired) electrons. The lowest BCUT2D eigenvalue weighted by molar-refractivity contribution is 0.122. The van der Waals surface area contributed by atoms with Crippen LogP contribution < -0.4 is 4.72 Å². The van der Waals surface area contributed by atoms with Gasteiger partial charge in [0.25, 0.3) is 0 Å². The molecule has 0 aliphatic rings. The summed E-state index contributed by atoms with van der Waals surface area (Å²) in [5.41, 5.74) is 9.05. The average Bonchev–Trinajstić information content (AvgIpc) is 2.50. The second-order valence-electron chi connectivity index (χ2n) is 5.64. The van der Waals surface area contributed by atoms with Gasteiger partial charge in [-0.25, -0.2) is 13.1 Å². The first kappa shape index (κ1) is 19.4. The molecule has 23 heavy (non-hydrogen) atoms. The van der Waals surface area contributed by atoms with E-state index in [0.717, 1.165) is 5.56 Å². The summed E-state index contributed by atoms with van der Waals surface area (Å²) < 4.78 is 33.0. The van der Waals surface area contributed by atoms with Gasteiger partial charge in [-0.05, 0) is 42.5 Å². The van der Waals surface area contributed by atoms with E-state index in [0.29, 0.717) is 25.6 Å². The number of sulfonamides is 1. The molecule has 1 atom stereocenters. The Morgan fingerprint density at radius 1 is 1.30 bits per heavy atom. The Hall–Kier alpha value is -1.60. The third kappa shape index (κ3) is 7.00. The van der Waals surface area contributed by atoms with Crippen LogP contribution in [0.5, 0.6) is 0 Å². The molecule has 8 heteroatoms. The molecular formula is C15H24N4O3S. The van der Waals surface area contributed by atoms with Crippen molar-refractivity contribution in [3.63, 3.8) is 0 Å². The van der Waals surface area contributed by atoms with E-state index in [2.05, 4.69) is 14.7 Å². The van der Waals surface area contributed by atoms with E-state index < -0.39 is 10.0 Å². The van der Waals surface area contributed by atoms with Crippen molar-refractivity contribution >= 4 is 10.0 Å². The summed E-state index contributed by atoms with van der Waals surface area (Å²) in [6.45, 7) is 7.05. The van der Waals surface area contributed by atoms with Gasteiger partial charge >= 0.3 is 0 Å². The number of ether oxygens (including phenoxy) is 1. The second kappa shape index (κ2) is 9.52. The van der Waals surface area contributed by atoms with Gasteiger partial charge < -0.3 is 4.74 Å². The highest BCUT2D eigenvalue weighted by atomic mass is 32.2. The van der Waals surface area contributed by atoms with Crippen LogP contribution in [0.15, 0.2) is 34.3 Å². The van der Waals surface area contributed by atoms with Crippen LogP contribution in [0.4, 0.5) is 0 Å². The van der Waals surface area contributed by atoms with Gasteiger partial charge in [0.05, 0.1) is 18.0 Å². The fraction of sp³-hybridized carbons (Fsp3) is 0.600. The van der Waals surface area contributed by atoms with Crippen LogP contribution in [0.3, 0.4) is 0 Å². The monoisotopic (exact) mass is 340 g/mol. The van der Waals surface area contributed by atoms with Crippen molar-refractivity contribution in [3.05, 3.63) is 40.3 Å². The van der Waals surface area contributed by atoms with Gasteiger partial charge in [-0.3, -0.25) is 0 Å². The summed E-state index contributed by atoms with van der Waals surface area (Å²) in [5, 5.41) is 3.45. The standard InChI is InChI=1S/C15H24N4O3S/c1-4-22-11-14(9-12(2)3)18-23(20,21)15-7-5-13(6-8-15)10-17-19-16/h5-8,12,14,18H,4,9-11H2,1-3H3/t14-/m0/s1. The largest absolute Gasteiger partial charge is 0.380 e. The van der Waals surface area contributed by atoms with E-state index in [1.165, 1.54) is 12.1 Å². The minimum atomic E-state index is -3.61. The first-order valence-electron chi connectivity index (χ1n) is 7.59. The maximum absolute atomic E-state index is 12.5. The molecule has 0 fully saturated rings. The fourth-order valence-corrected chi connectivity index (χ4v) is 3.39. The highest BCUT2D eigenvalue weighted by Gasteiger charge is 2.21. The first-order valence-corrected chi connectivity index (χ1v) is 9.07. The normalized spacial score (nSPS) is 12.9. The molecule has 0 saturated heterocycles. The van der Waals surface area contributed by atoms with Crippen LogP contribution in [0.2, 0.25) is 0 Å². The molecule has 0 unspecified atom stereocenters. The molecule has 1 N–H and O–H groups in total. The molecule has 128 valence electrons. The molecule has 1 aromatic rings. The second-order valence-corrected chi connectivity index (χ2v) is 7.35. The number of nitrogens with one attached hydrogen (secondary N) is 1. The fourth-order valence-electron chi connectivity index (χ4n) is 2.15. The quantitative estimate of drug-likeness (QED) is 0.401. The Labute approximate surface area is 137 Å². The van der Waals surface area contributed by atoms with Crippen LogP contribution in [0, 0.1) is 5.92 Å². The molecule has 0 spiro atoms. The van der Waals surface area contributed by atoms with Crippen molar-refractivity contribution in [1.29, 1.82) is 0 Å². The van der Waals surface area contributed by atoms with Gasteiger partial charge in [0.15, 0.2) is 0 Å². The number of hydrogen-bond acceptors (Lipinski definition) is 4. The highest BCUT2D eigenvalue weighted by molar-refractivity contribution is 7.89. The zero-order valence-electron chi connectivity index (χ0n) is 13.8. The van der Waals surface area contributed by atoms with E-state index in [9.17, 15) is 8.42 Å². The van der Waals surface area contributed by atoms with Gasteiger partial charge in [0.1, 0.15) is 0 Å². The van der Waals surface area contributed by atoms with Crippen molar-refractivity contribution < 1.29 is 13.2 Å². The summed E-state index contributed by atoms with van der Waals surface area (Å²) in [6, 6.07) is 6.05. The minimum Gasteiger partial charge on any atom is -0.380 e. The Morgan fingerprint density at radius 3 is 2.48 bits per heavy atom. The predicted molar refractivity (Wildman–Crippen MR) is 89.3 cm³/mol. The lowest BCUT2D eigenvalue weighted by Crippen LogP contribution is -2.39. The average molecular weight is 340 g/mol. The van der Waals surface area contributed by atoms with Crippen LogP contribution in [0.1, 0.15) is 32.8 Å². The van der Waals surface area contributed by atoms with Gasteiger partial charge in [0, 0.05) is 17.6 Å². The van der Waals surface area contributed by atoms with E-state index in [1.807, 2.05) is 20.8 Å². The van der Waals surface area contributed by atoms with Crippen molar-refractivity contribution in [2.24, 2.45) is 11.0 Å². The summed E-state index contributed by atoms with van der Waals surface area (Å²) in [7, 11) is -3.61. The zero-order chi connectivity index (χ0) is 17.3. The number of azide groups is 1. The van der Waals surface area contributed by atoms with Crippen LogP contribution in [0.25, 0.3) is 10.4 Å². The van der Waals surface area contributed by atoms with E-state index in [-0.39, 0.29) is 17.5 Å². The molecule has 7 nitrogen and oxygen atoms in total. The Kier molecular flexibility index (Phi) is 8.05. The van der Waals surface area contributed by atoms with Crippen LogP contribution in [-0.2, 0) is 21.3 Å². The summed E-state index contributed by atoms with van der Waals surface area (Å²) in [5.74, 6) is 0.356. The first-order chi connectivity index (χ1) is 10.9. The van der Waals surface area contributed by atoms with Crippen molar-refractivity contribution in [2.75, 3.05) is 13.2 Å². The summed E-state index contributed by atoms with van der Waals surface area (Å²) >= 11 is 0. The lowest BCUT2D eigenvalue weighted by Gasteiger charge is -2.20. The molecule has 0 heterocycles. The maximum atomic E-state index is 12.5. The van der Waals surface area contributed by atoms with Gasteiger partial charge in [0.2, 0.25) is 10.0 Å². The Morgan fingerprint density at radius 2 is 1.96 bits per heavy atom. The van der Waals surface area contributed by atoms with Crippen LogP contribution >= 0.6 is 0 Å². The summed E-state index contributed by atoms with van der Waals surface area (Å²) in [4.78, 5) is 2.87. The zero-order valence-corrected chi connectivity index (χ0v) is 14.6. The third-order valence-electron chi connectivity index (χ3n) is 3.15. The Bertz CT molecular complexity index is 623. The number of benzene rings is 1. The molecular weight excluding hydrogens is 316 g/mol. The molecule has 1 rings (SSSR count). The number of rotatable bonds is 10. The van der Waals surface area contributed by atoms with E-state index in [1.54, 1.807) is 12.1 Å². The molecule has 0 bridgehead atoms. The van der Waals surface area contributed by atoms with Crippen molar-refractivity contribution in [3.8, 4) is 0 Å². The molecule has 1 aromatic carbocycles. The van der Waals surface area contributed by atoms with Crippen LogP contribution in [-0.4, -0.2) is 27.7 Å².